The summed E-state index contributed by atoms with van der Waals surface area (Å²) in [4.78, 5) is 40.9. The van der Waals surface area contributed by atoms with Gasteiger partial charge in [0, 0.05) is 11.7 Å². The Labute approximate surface area is 169 Å². The minimum Gasteiger partial charge on any atom is -0.369 e. The van der Waals surface area contributed by atoms with Crippen LogP contribution in [-0.2, 0) is 19.1 Å². The third kappa shape index (κ3) is 2.43. The molecule has 0 aromatic heterocycles. The molecular formula is C22H25N3O4. The maximum Gasteiger partial charge on any atom is 0.246 e. The van der Waals surface area contributed by atoms with E-state index in [0.29, 0.717) is 5.69 Å². The summed E-state index contributed by atoms with van der Waals surface area (Å²) in [5.74, 6) is -2.73. The standard InChI is InChI=1S/C22H25N3O4/c1-21-11-12-22(29-21)16(15(21)18(23)26)20(28)25(14-9-3-2-4-10-14)17(22)19(27)24-13-7-5-6-8-13/h2-4,9-13,15-17H,5-8H2,1H3,(H2,23,26)(H,24,27)/t15-,16-,17-,21+,22-/m1/s1. The molecular weight excluding hydrogens is 370 g/mol. The third-order valence-corrected chi connectivity index (χ3v) is 6.99. The van der Waals surface area contributed by atoms with E-state index in [1.54, 1.807) is 31.2 Å². The maximum atomic E-state index is 13.6. The molecule has 4 aliphatic rings. The SMILES string of the molecule is C[C@@]12C=C[C@@]3(O1)[C@@H](C(=O)N(c1ccccc1)[C@@H]3C(=O)NC1CCCC1)[C@@H]2C(N)=O. The zero-order valence-corrected chi connectivity index (χ0v) is 16.3. The number of nitrogens with two attached hydrogens (primary N) is 1. The first-order valence-electron chi connectivity index (χ1n) is 10.3. The van der Waals surface area contributed by atoms with Crippen LogP contribution < -0.4 is 16.0 Å². The van der Waals surface area contributed by atoms with Gasteiger partial charge in [0.15, 0.2) is 0 Å². The first-order chi connectivity index (χ1) is 13.9. The Kier molecular flexibility index (Phi) is 3.90. The number of amides is 3. The number of nitrogens with one attached hydrogen (secondary N) is 1. The molecule has 7 heteroatoms. The largest absolute Gasteiger partial charge is 0.369 e. The summed E-state index contributed by atoms with van der Waals surface area (Å²) in [6, 6.07) is 8.31. The number of benzene rings is 1. The van der Waals surface area contributed by atoms with Crippen molar-refractivity contribution < 1.29 is 19.1 Å². The van der Waals surface area contributed by atoms with Gasteiger partial charge in [0.2, 0.25) is 17.7 Å². The number of hydrogen-bond acceptors (Lipinski definition) is 4. The van der Waals surface area contributed by atoms with Crippen LogP contribution in [-0.4, -0.2) is 41.0 Å². The van der Waals surface area contributed by atoms with E-state index >= 15 is 0 Å². The number of carbonyl (C=O) groups excluding carboxylic acids is 3. The summed E-state index contributed by atoms with van der Waals surface area (Å²) in [6.45, 7) is 1.76. The van der Waals surface area contributed by atoms with Crippen molar-refractivity contribution in [3.8, 4) is 0 Å². The molecule has 1 spiro atoms. The molecule has 1 aromatic carbocycles. The Morgan fingerprint density at radius 3 is 2.52 bits per heavy atom. The predicted molar refractivity (Wildman–Crippen MR) is 106 cm³/mol. The van der Waals surface area contributed by atoms with E-state index in [-0.39, 0.29) is 17.9 Å². The van der Waals surface area contributed by atoms with E-state index in [9.17, 15) is 14.4 Å². The van der Waals surface area contributed by atoms with Gasteiger partial charge in [-0.05, 0) is 31.9 Å². The van der Waals surface area contributed by atoms with Gasteiger partial charge in [-0.25, -0.2) is 0 Å². The van der Waals surface area contributed by atoms with Crippen molar-refractivity contribution in [2.45, 2.75) is 55.9 Å². The number of para-hydroxylation sites is 1. The van der Waals surface area contributed by atoms with Crippen molar-refractivity contribution in [2.24, 2.45) is 17.6 Å². The average molecular weight is 395 g/mol. The van der Waals surface area contributed by atoms with Crippen LogP contribution in [0.25, 0.3) is 0 Å². The highest BCUT2D eigenvalue weighted by atomic mass is 16.5. The Morgan fingerprint density at radius 1 is 1.17 bits per heavy atom. The summed E-state index contributed by atoms with van der Waals surface area (Å²) >= 11 is 0. The summed E-state index contributed by atoms with van der Waals surface area (Å²) in [7, 11) is 0. The van der Waals surface area contributed by atoms with Crippen molar-refractivity contribution in [2.75, 3.05) is 4.90 Å². The highest BCUT2D eigenvalue weighted by molar-refractivity contribution is 6.10. The molecule has 152 valence electrons. The third-order valence-electron chi connectivity index (χ3n) is 6.99. The number of hydrogen-bond donors (Lipinski definition) is 2. The Hall–Kier alpha value is -2.67. The minimum absolute atomic E-state index is 0.107. The molecule has 1 aliphatic carbocycles. The van der Waals surface area contributed by atoms with Crippen molar-refractivity contribution in [1.82, 2.24) is 5.32 Å². The second-order valence-corrected chi connectivity index (χ2v) is 8.77. The van der Waals surface area contributed by atoms with Crippen LogP contribution in [0, 0.1) is 11.8 Å². The molecule has 7 nitrogen and oxygen atoms in total. The van der Waals surface area contributed by atoms with Gasteiger partial charge >= 0.3 is 0 Å². The number of anilines is 1. The fourth-order valence-corrected chi connectivity index (χ4v) is 5.79. The number of rotatable bonds is 4. The highest BCUT2D eigenvalue weighted by Gasteiger charge is 2.76. The lowest BCUT2D eigenvalue weighted by Crippen LogP contribution is -2.56. The maximum absolute atomic E-state index is 13.6. The molecule has 29 heavy (non-hydrogen) atoms. The Bertz CT molecular complexity index is 910. The van der Waals surface area contributed by atoms with Gasteiger partial charge in [-0.2, -0.15) is 0 Å². The zero-order valence-electron chi connectivity index (χ0n) is 16.3. The molecule has 1 saturated carbocycles. The molecule has 3 amide bonds. The van der Waals surface area contributed by atoms with Crippen molar-refractivity contribution in [3.05, 3.63) is 42.5 Å². The lowest BCUT2D eigenvalue weighted by Gasteiger charge is -2.33. The lowest BCUT2D eigenvalue weighted by atomic mass is 9.70. The van der Waals surface area contributed by atoms with E-state index in [0.717, 1.165) is 25.7 Å². The molecule has 3 aliphatic heterocycles. The fourth-order valence-electron chi connectivity index (χ4n) is 5.79. The van der Waals surface area contributed by atoms with Gasteiger partial charge < -0.3 is 15.8 Å². The van der Waals surface area contributed by atoms with Crippen LogP contribution in [0.2, 0.25) is 0 Å². The Morgan fingerprint density at radius 2 is 1.86 bits per heavy atom. The van der Waals surface area contributed by atoms with Crippen LogP contribution in [0.4, 0.5) is 5.69 Å². The summed E-state index contributed by atoms with van der Waals surface area (Å²) in [6.07, 6.45) is 7.64. The van der Waals surface area contributed by atoms with Crippen molar-refractivity contribution in [1.29, 1.82) is 0 Å². The van der Waals surface area contributed by atoms with Crippen LogP contribution in [0.5, 0.6) is 0 Å². The molecule has 1 aromatic rings. The number of primary amides is 1. The van der Waals surface area contributed by atoms with Gasteiger partial charge in [-0.15, -0.1) is 0 Å². The molecule has 3 heterocycles. The lowest BCUT2D eigenvalue weighted by molar-refractivity contribution is -0.132. The van der Waals surface area contributed by atoms with Crippen LogP contribution in [0.15, 0.2) is 42.5 Å². The second kappa shape index (κ2) is 6.16. The summed E-state index contributed by atoms with van der Waals surface area (Å²) < 4.78 is 6.33. The number of carbonyl (C=O) groups is 3. The zero-order chi connectivity index (χ0) is 20.4. The van der Waals surface area contributed by atoms with Crippen LogP contribution >= 0.6 is 0 Å². The number of ether oxygens (including phenoxy) is 1. The highest BCUT2D eigenvalue weighted by Crippen LogP contribution is 2.60. The molecule has 3 fully saturated rings. The smallest absolute Gasteiger partial charge is 0.246 e. The molecule has 5 rings (SSSR count). The van der Waals surface area contributed by atoms with E-state index in [1.807, 2.05) is 18.2 Å². The van der Waals surface area contributed by atoms with Gasteiger partial charge in [0.1, 0.15) is 11.6 Å². The quantitative estimate of drug-likeness (QED) is 0.750. The van der Waals surface area contributed by atoms with Gasteiger partial charge in [-0.1, -0.05) is 43.2 Å². The molecule has 0 unspecified atom stereocenters. The molecule has 2 saturated heterocycles. The molecule has 0 radical (unpaired) electrons. The normalized spacial score (nSPS) is 37.9. The first kappa shape index (κ1) is 18.4. The molecule has 2 bridgehead atoms. The summed E-state index contributed by atoms with van der Waals surface area (Å²) in [5.41, 5.74) is 4.15. The fraction of sp³-hybridized carbons (Fsp3) is 0.500. The minimum atomic E-state index is -1.19. The van der Waals surface area contributed by atoms with E-state index < -0.39 is 35.0 Å². The van der Waals surface area contributed by atoms with Gasteiger partial charge in [-0.3, -0.25) is 19.3 Å². The van der Waals surface area contributed by atoms with Crippen LogP contribution in [0.3, 0.4) is 0 Å². The topological polar surface area (TPSA) is 102 Å². The Balaban J connectivity index is 1.61. The average Bonchev–Trinajstić information content (AvgIpc) is 3.42. The van der Waals surface area contributed by atoms with Crippen molar-refractivity contribution in [3.63, 3.8) is 0 Å². The summed E-state index contributed by atoms with van der Waals surface area (Å²) in [5, 5.41) is 3.13. The van der Waals surface area contributed by atoms with E-state index in [4.69, 9.17) is 10.5 Å². The van der Waals surface area contributed by atoms with E-state index in [1.165, 1.54) is 4.90 Å². The van der Waals surface area contributed by atoms with Gasteiger partial charge in [0.05, 0.1) is 17.4 Å². The number of nitrogens with zero attached hydrogens (tertiary/aromatic N) is 1. The molecule has 3 N–H and O–H groups in total. The number of fused-ring (bicyclic) bond motifs is 1. The van der Waals surface area contributed by atoms with E-state index in [2.05, 4.69) is 5.32 Å². The second-order valence-electron chi connectivity index (χ2n) is 8.77. The monoisotopic (exact) mass is 395 g/mol. The predicted octanol–water partition coefficient (Wildman–Crippen LogP) is 1.28. The molecule has 5 atom stereocenters. The van der Waals surface area contributed by atoms with Gasteiger partial charge in [0.25, 0.3) is 0 Å². The first-order valence-corrected chi connectivity index (χ1v) is 10.3. The van der Waals surface area contributed by atoms with Crippen molar-refractivity contribution >= 4 is 23.4 Å². The van der Waals surface area contributed by atoms with Crippen LogP contribution in [0.1, 0.15) is 32.6 Å².